The highest BCUT2D eigenvalue weighted by molar-refractivity contribution is 6.00. The molecule has 0 saturated carbocycles. The minimum atomic E-state index is -1.18. The molecule has 3 amide bonds. The molecule has 3 N–H and O–H groups in total. The van der Waals surface area contributed by atoms with Crippen molar-refractivity contribution in [1.82, 2.24) is 10.2 Å². The fourth-order valence-corrected chi connectivity index (χ4v) is 4.61. The van der Waals surface area contributed by atoms with E-state index in [1.165, 1.54) is 17.0 Å². The maximum atomic E-state index is 14.3. The number of nitriles is 1. The molecule has 0 aliphatic rings. The van der Waals surface area contributed by atoms with Crippen LogP contribution in [0.4, 0.5) is 10.5 Å². The molecule has 220 valence electrons. The standard InChI is InChI=1S/C33H38N4O5/c1-21-9-7-12-25(19-21)29(30(39)36-28-22(2)10-8-11-23(28)3)37(18-17-34)31(40)27(35-32(41)42-33(4,5)6)20-24-13-15-26(38)16-14-24/h7-16,19,27,29,38H,18,20H2,1-6H3,(H,35,41)(H,36,39). The average Bonchev–Trinajstić information content (AvgIpc) is 2.90. The minimum Gasteiger partial charge on any atom is -0.508 e. The SMILES string of the molecule is Cc1cccc(C(C(=O)Nc2c(C)cccc2C)N(CC#N)C(=O)C(Cc2ccc(O)cc2)NC(=O)OC(C)(C)C)c1. The third-order valence-electron chi connectivity index (χ3n) is 6.54. The molecule has 3 aromatic carbocycles. The molecule has 2 unspecified atom stereocenters. The van der Waals surface area contributed by atoms with Gasteiger partial charge < -0.3 is 25.4 Å². The number of carbonyl (C=O) groups is 3. The fourth-order valence-electron chi connectivity index (χ4n) is 4.61. The summed E-state index contributed by atoms with van der Waals surface area (Å²) in [5, 5.41) is 25.2. The number of aryl methyl sites for hydroxylation is 3. The molecule has 0 aliphatic heterocycles. The Bertz CT molecular complexity index is 1450. The Kier molecular flexibility index (Phi) is 10.3. The van der Waals surface area contributed by atoms with Gasteiger partial charge in [0.2, 0.25) is 5.91 Å². The maximum Gasteiger partial charge on any atom is 0.408 e. The number of carbonyl (C=O) groups excluding carboxylic acids is 3. The number of rotatable bonds is 9. The number of benzene rings is 3. The lowest BCUT2D eigenvalue weighted by molar-refractivity contribution is -0.140. The van der Waals surface area contributed by atoms with Gasteiger partial charge in [0.25, 0.3) is 5.91 Å². The number of anilines is 1. The van der Waals surface area contributed by atoms with Crippen molar-refractivity contribution in [3.05, 3.63) is 94.5 Å². The van der Waals surface area contributed by atoms with Crippen LogP contribution in [0.2, 0.25) is 0 Å². The molecule has 0 heterocycles. The van der Waals surface area contributed by atoms with Gasteiger partial charge >= 0.3 is 6.09 Å². The second kappa shape index (κ2) is 13.7. The van der Waals surface area contributed by atoms with Gasteiger partial charge in [0, 0.05) is 12.1 Å². The van der Waals surface area contributed by atoms with Crippen LogP contribution in [0.15, 0.2) is 66.7 Å². The molecular formula is C33H38N4O5. The lowest BCUT2D eigenvalue weighted by Crippen LogP contribution is -2.53. The molecule has 3 rings (SSSR count). The molecule has 0 bridgehead atoms. The molecule has 0 radical (unpaired) electrons. The molecule has 0 fully saturated rings. The van der Waals surface area contributed by atoms with Crippen molar-refractivity contribution in [1.29, 1.82) is 5.26 Å². The Morgan fingerprint density at radius 3 is 2.17 bits per heavy atom. The molecular weight excluding hydrogens is 532 g/mol. The van der Waals surface area contributed by atoms with Crippen LogP contribution in [0.1, 0.15) is 54.6 Å². The van der Waals surface area contributed by atoms with E-state index in [1.54, 1.807) is 51.1 Å². The molecule has 0 aliphatic carbocycles. The third-order valence-corrected chi connectivity index (χ3v) is 6.54. The Balaban J connectivity index is 2.08. The van der Waals surface area contributed by atoms with E-state index in [0.29, 0.717) is 16.8 Å². The van der Waals surface area contributed by atoms with Crippen molar-refractivity contribution in [3.8, 4) is 11.8 Å². The molecule has 2 atom stereocenters. The first-order chi connectivity index (χ1) is 19.8. The fraction of sp³-hybridized carbons (Fsp3) is 0.333. The van der Waals surface area contributed by atoms with Crippen LogP contribution >= 0.6 is 0 Å². The van der Waals surface area contributed by atoms with E-state index in [1.807, 2.05) is 51.1 Å². The number of nitrogens with zero attached hydrogens (tertiary/aromatic N) is 2. The zero-order valence-electron chi connectivity index (χ0n) is 24.9. The molecule has 3 aromatic rings. The van der Waals surface area contributed by atoms with Gasteiger partial charge in [-0.1, -0.05) is 60.2 Å². The van der Waals surface area contributed by atoms with Crippen LogP contribution < -0.4 is 10.6 Å². The first-order valence-electron chi connectivity index (χ1n) is 13.7. The number of amides is 3. The van der Waals surface area contributed by atoms with Gasteiger partial charge in [-0.15, -0.1) is 0 Å². The lowest BCUT2D eigenvalue weighted by atomic mass is 9.98. The quantitative estimate of drug-likeness (QED) is 0.292. The largest absolute Gasteiger partial charge is 0.508 e. The third kappa shape index (κ3) is 8.58. The second-order valence-corrected chi connectivity index (χ2v) is 11.3. The van der Waals surface area contributed by atoms with E-state index in [2.05, 4.69) is 10.6 Å². The highest BCUT2D eigenvalue weighted by atomic mass is 16.6. The van der Waals surface area contributed by atoms with Gasteiger partial charge in [-0.2, -0.15) is 5.26 Å². The summed E-state index contributed by atoms with van der Waals surface area (Å²) in [6, 6.07) is 18.7. The summed E-state index contributed by atoms with van der Waals surface area (Å²) < 4.78 is 5.42. The molecule has 9 nitrogen and oxygen atoms in total. The Morgan fingerprint density at radius 2 is 1.60 bits per heavy atom. The van der Waals surface area contributed by atoms with Gasteiger partial charge in [-0.3, -0.25) is 9.59 Å². The highest BCUT2D eigenvalue weighted by Gasteiger charge is 2.37. The zero-order chi connectivity index (χ0) is 31.0. The summed E-state index contributed by atoms with van der Waals surface area (Å²) in [7, 11) is 0. The van der Waals surface area contributed by atoms with Gasteiger partial charge in [-0.05, 0) is 75.9 Å². The summed E-state index contributed by atoms with van der Waals surface area (Å²) in [5.74, 6) is -1.09. The van der Waals surface area contributed by atoms with Crippen LogP contribution in [-0.2, 0) is 20.7 Å². The van der Waals surface area contributed by atoms with Gasteiger partial charge in [-0.25, -0.2) is 4.79 Å². The van der Waals surface area contributed by atoms with Gasteiger partial charge in [0.1, 0.15) is 30.0 Å². The molecule has 0 aromatic heterocycles. The van der Waals surface area contributed by atoms with E-state index in [4.69, 9.17) is 4.74 Å². The van der Waals surface area contributed by atoms with Gasteiger partial charge in [0.05, 0.1) is 6.07 Å². The van der Waals surface area contributed by atoms with Crippen molar-refractivity contribution in [2.75, 3.05) is 11.9 Å². The van der Waals surface area contributed by atoms with E-state index in [0.717, 1.165) is 16.7 Å². The van der Waals surface area contributed by atoms with E-state index >= 15 is 0 Å². The summed E-state index contributed by atoms with van der Waals surface area (Å²) >= 11 is 0. The average molecular weight is 571 g/mol. The van der Waals surface area contributed by atoms with Crippen LogP contribution in [0.25, 0.3) is 0 Å². The molecule has 0 saturated heterocycles. The smallest absolute Gasteiger partial charge is 0.408 e. The monoisotopic (exact) mass is 570 g/mol. The van der Waals surface area contributed by atoms with E-state index in [-0.39, 0.29) is 12.2 Å². The van der Waals surface area contributed by atoms with Crippen LogP contribution in [-0.4, -0.2) is 46.1 Å². The summed E-state index contributed by atoms with van der Waals surface area (Å²) in [6.45, 7) is 10.3. The molecule has 0 spiro atoms. The number of phenols is 1. The number of alkyl carbamates (subject to hydrolysis) is 1. The number of phenolic OH excluding ortho intramolecular Hbond substituents is 1. The Morgan fingerprint density at radius 1 is 0.976 bits per heavy atom. The number of para-hydroxylation sites is 1. The topological polar surface area (TPSA) is 132 Å². The number of ether oxygens (including phenoxy) is 1. The first kappa shape index (κ1) is 31.7. The second-order valence-electron chi connectivity index (χ2n) is 11.3. The number of nitrogens with one attached hydrogen (secondary N) is 2. The zero-order valence-corrected chi connectivity index (χ0v) is 24.9. The summed E-state index contributed by atoms with van der Waals surface area (Å²) in [5.41, 5.74) is 3.53. The van der Waals surface area contributed by atoms with Crippen LogP contribution in [0.3, 0.4) is 0 Å². The normalized spacial score (nSPS) is 12.4. The summed E-state index contributed by atoms with van der Waals surface area (Å²) in [4.78, 5) is 42.3. The predicted molar refractivity (Wildman–Crippen MR) is 161 cm³/mol. The Hall–Kier alpha value is -4.84. The van der Waals surface area contributed by atoms with Crippen molar-refractivity contribution >= 4 is 23.6 Å². The van der Waals surface area contributed by atoms with Crippen molar-refractivity contribution < 1.29 is 24.2 Å². The predicted octanol–water partition coefficient (Wildman–Crippen LogP) is 5.49. The minimum absolute atomic E-state index is 0.0271. The van der Waals surface area contributed by atoms with Crippen molar-refractivity contribution in [2.24, 2.45) is 0 Å². The number of hydrogen-bond acceptors (Lipinski definition) is 6. The Labute approximate surface area is 247 Å². The number of hydrogen-bond donors (Lipinski definition) is 3. The van der Waals surface area contributed by atoms with Crippen molar-refractivity contribution in [3.63, 3.8) is 0 Å². The van der Waals surface area contributed by atoms with Crippen molar-refractivity contribution in [2.45, 2.75) is 65.6 Å². The van der Waals surface area contributed by atoms with E-state index in [9.17, 15) is 24.8 Å². The lowest BCUT2D eigenvalue weighted by Gasteiger charge is -2.33. The van der Waals surface area contributed by atoms with Crippen LogP contribution in [0.5, 0.6) is 5.75 Å². The summed E-state index contributed by atoms with van der Waals surface area (Å²) in [6.07, 6.45) is -0.789. The van der Waals surface area contributed by atoms with Gasteiger partial charge in [0.15, 0.2) is 0 Å². The first-order valence-corrected chi connectivity index (χ1v) is 13.7. The highest BCUT2D eigenvalue weighted by Crippen LogP contribution is 2.28. The van der Waals surface area contributed by atoms with Crippen LogP contribution in [0, 0.1) is 32.1 Å². The van der Waals surface area contributed by atoms with E-state index < -0.39 is 42.1 Å². The molecule has 9 heteroatoms. The maximum absolute atomic E-state index is 14.3. The molecule has 42 heavy (non-hydrogen) atoms. The number of aromatic hydroxyl groups is 1.